The first kappa shape index (κ1) is 25.3. The highest BCUT2D eigenvalue weighted by Gasteiger charge is 2.48. The van der Waals surface area contributed by atoms with Crippen molar-refractivity contribution < 1.29 is 18.8 Å². The average molecular weight is 446 g/mol. The maximum atomic E-state index is 13.1. The molecular weight excluding hydrogens is 406 g/mol. The molecule has 0 radical (unpaired) electrons. The fourth-order valence-electron chi connectivity index (χ4n) is 3.56. The molecule has 0 N–H and O–H groups in total. The molecule has 2 rings (SSSR count). The summed E-state index contributed by atoms with van der Waals surface area (Å²) in [7, 11) is -2.08. The Hall–Kier alpha value is -1.92. The summed E-state index contributed by atoms with van der Waals surface area (Å²) >= 11 is 0. The second-order valence-electron chi connectivity index (χ2n) is 11.1. The summed E-state index contributed by atoms with van der Waals surface area (Å²) < 4.78 is 12.1. The molecule has 0 spiro atoms. The largest absolute Gasteiger partial charge is 0.443 e. The molecule has 0 aliphatic carbocycles. The van der Waals surface area contributed by atoms with Gasteiger partial charge in [-0.25, -0.2) is 9.69 Å². The van der Waals surface area contributed by atoms with Gasteiger partial charge in [0.15, 0.2) is 8.32 Å². The molecule has 172 valence electrons. The van der Waals surface area contributed by atoms with Crippen molar-refractivity contribution in [2.24, 2.45) is 0 Å². The lowest BCUT2D eigenvalue weighted by molar-refractivity contribution is -0.128. The number of benzene rings is 1. The standard InChI is InChI=1S/C25H39NO4Si/c1-17(2)18-13-11-12-14-19(18)20-15-22(27)26(23(28)30-24(3,4)5)21(20)16-29-31(9,10)25(6,7)8/h11-14,20-21H,1,15-16H2,2-10H3/t20-,21-/m1/s1. The molecule has 2 amide bonds. The Balaban J connectivity index is 2.46. The van der Waals surface area contributed by atoms with E-state index in [1.165, 1.54) is 4.90 Å². The molecule has 2 atom stereocenters. The minimum absolute atomic E-state index is 0.0253. The van der Waals surface area contributed by atoms with Crippen LogP contribution in [0.25, 0.3) is 5.57 Å². The number of amides is 2. The second-order valence-corrected chi connectivity index (χ2v) is 15.9. The molecular formula is C25H39NO4Si. The van der Waals surface area contributed by atoms with Gasteiger partial charge in [-0.2, -0.15) is 0 Å². The Morgan fingerprint density at radius 2 is 1.74 bits per heavy atom. The topological polar surface area (TPSA) is 55.8 Å². The highest BCUT2D eigenvalue weighted by Crippen LogP contribution is 2.41. The molecule has 1 fully saturated rings. The smallest absolute Gasteiger partial charge is 0.417 e. The molecule has 0 saturated carbocycles. The van der Waals surface area contributed by atoms with Crippen LogP contribution < -0.4 is 0 Å². The first-order valence-electron chi connectivity index (χ1n) is 11.0. The third-order valence-corrected chi connectivity index (χ3v) is 10.8. The number of hydrogen-bond acceptors (Lipinski definition) is 4. The second kappa shape index (κ2) is 8.91. The first-order valence-corrected chi connectivity index (χ1v) is 13.9. The lowest BCUT2D eigenvalue weighted by Gasteiger charge is -2.38. The van der Waals surface area contributed by atoms with Crippen LogP contribution in [0.1, 0.15) is 71.9 Å². The quantitative estimate of drug-likeness (QED) is 0.495. The molecule has 1 aliphatic heterocycles. The van der Waals surface area contributed by atoms with Crippen LogP contribution in [0.2, 0.25) is 18.1 Å². The van der Waals surface area contributed by atoms with E-state index in [1.807, 2.05) is 31.2 Å². The molecule has 31 heavy (non-hydrogen) atoms. The SMILES string of the molecule is C=C(C)c1ccccc1[C@H]1CC(=O)N(C(=O)OC(C)(C)C)[C@@H]1CO[Si](C)(C)C(C)(C)C. The highest BCUT2D eigenvalue weighted by molar-refractivity contribution is 6.74. The number of carbonyl (C=O) groups is 2. The Labute approximate surface area is 188 Å². The first-order chi connectivity index (χ1) is 14.0. The van der Waals surface area contributed by atoms with Crippen LogP contribution in [0.15, 0.2) is 30.8 Å². The third kappa shape index (κ3) is 5.86. The third-order valence-electron chi connectivity index (χ3n) is 6.29. The fraction of sp³-hybridized carbons (Fsp3) is 0.600. The van der Waals surface area contributed by atoms with Crippen LogP contribution in [-0.4, -0.2) is 43.5 Å². The normalized spacial score (nSPS) is 20.2. The summed E-state index contributed by atoms with van der Waals surface area (Å²) in [5.41, 5.74) is 2.29. The number of ether oxygens (including phenoxy) is 1. The van der Waals surface area contributed by atoms with Crippen molar-refractivity contribution in [3.63, 3.8) is 0 Å². The zero-order valence-electron chi connectivity index (χ0n) is 20.7. The van der Waals surface area contributed by atoms with E-state index in [4.69, 9.17) is 9.16 Å². The number of imide groups is 1. The summed E-state index contributed by atoms with van der Waals surface area (Å²) in [5, 5.41) is 0.0253. The predicted molar refractivity (Wildman–Crippen MR) is 129 cm³/mol. The van der Waals surface area contributed by atoms with Crippen LogP contribution >= 0.6 is 0 Å². The van der Waals surface area contributed by atoms with Gasteiger partial charge in [0.05, 0.1) is 12.6 Å². The van der Waals surface area contributed by atoms with E-state index in [0.29, 0.717) is 6.61 Å². The number of likely N-dealkylation sites (tertiary alicyclic amines) is 1. The number of rotatable bonds is 5. The van der Waals surface area contributed by atoms with Gasteiger partial charge in [-0.3, -0.25) is 4.79 Å². The molecule has 1 heterocycles. The molecule has 1 saturated heterocycles. The Morgan fingerprint density at radius 1 is 1.16 bits per heavy atom. The van der Waals surface area contributed by atoms with E-state index in [2.05, 4.69) is 40.4 Å². The molecule has 0 bridgehead atoms. The maximum Gasteiger partial charge on any atom is 0.417 e. The van der Waals surface area contributed by atoms with E-state index >= 15 is 0 Å². The molecule has 0 unspecified atom stereocenters. The molecule has 1 aromatic rings. The summed E-state index contributed by atoms with van der Waals surface area (Å²) in [6, 6.07) is 7.56. The average Bonchev–Trinajstić information content (AvgIpc) is 2.93. The van der Waals surface area contributed by atoms with Gasteiger partial charge in [-0.1, -0.05) is 57.2 Å². The van der Waals surface area contributed by atoms with Gasteiger partial charge in [-0.05, 0) is 57.0 Å². The molecule has 6 heteroatoms. The van der Waals surface area contributed by atoms with E-state index in [0.717, 1.165) is 16.7 Å². The zero-order chi connectivity index (χ0) is 23.8. The Morgan fingerprint density at radius 3 is 2.26 bits per heavy atom. The van der Waals surface area contributed by atoms with E-state index in [9.17, 15) is 9.59 Å². The molecule has 1 aliphatic rings. The summed E-state index contributed by atoms with van der Waals surface area (Å²) in [6.45, 7) is 22.7. The molecule has 0 aromatic heterocycles. The number of allylic oxidation sites excluding steroid dienone is 1. The van der Waals surface area contributed by atoms with Crippen LogP contribution in [0.4, 0.5) is 4.79 Å². The molecule has 5 nitrogen and oxygen atoms in total. The van der Waals surface area contributed by atoms with Crippen molar-refractivity contribution in [2.75, 3.05) is 6.61 Å². The Bertz CT molecular complexity index is 848. The van der Waals surface area contributed by atoms with Crippen molar-refractivity contribution in [3.8, 4) is 0 Å². The highest BCUT2D eigenvalue weighted by atomic mass is 28.4. The van der Waals surface area contributed by atoms with Gasteiger partial charge in [0.2, 0.25) is 5.91 Å². The lowest BCUT2D eigenvalue weighted by atomic mass is 9.86. The van der Waals surface area contributed by atoms with Crippen molar-refractivity contribution in [2.45, 2.75) is 90.6 Å². The van der Waals surface area contributed by atoms with Gasteiger partial charge >= 0.3 is 6.09 Å². The Kier molecular flexibility index (Phi) is 7.28. The van der Waals surface area contributed by atoms with E-state index in [-0.39, 0.29) is 23.3 Å². The van der Waals surface area contributed by atoms with Crippen LogP contribution in [0.5, 0.6) is 0 Å². The minimum atomic E-state index is -2.08. The van der Waals surface area contributed by atoms with Gasteiger partial charge in [-0.15, -0.1) is 0 Å². The van der Waals surface area contributed by atoms with Crippen LogP contribution in [0.3, 0.4) is 0 Å². The monoisotopic (exact) mass is 445 g/mol. The van der Waals surface area contributed by atoms with Crippen molar-refractivity contribution in [1.82, 2.24) is 4.90 Å². The van der Waals surface area contributed by atoms with Crippen molar-refractivity contribution in [1.29, 1.82) is 0 Å². The van der Waals surface area contributed by atoms with Crippen LogP contribution in [-0.2, 0) is 14.0 Å². The van der Waals surface area contributed by atoms with Gasteiger partial charge in [0, 0.05) is 12.3 Å². The number of hydrogen-bond donors (Lipinski definition) is 0. The van der Waals surface area contributed by atoms with Crippen LogP contribution in [0, 0.1) is 0 Å². The maximum absolute atomic E-state index is 13.1. The zero-order valence-corrected chi connectivity index (χ0v) is 21.7. The van der Waals surface area contributed by atoms with Crippen molar-refractivity contribution >= 4 is 25.9 Å². The van der Waals surface area contributed by atoms with E-state index in [1.54, 1.807) is 20.8 Å². The van der Waals surface area contributed by atoms with Gasteiger partial charge in [0.25, 0.3) is 0 Å². The predicted octanol–water partition coefficient (Wildman–Crippen LogP) is 6.36. The van der Waals surface area contributed by atoms with E-state index < -0.39 is 26.1 Å². The number of nitrogens with zero attached hydrogens (tertiary/aromatic N) is 1. The summed E-state index contributed by atoms with van der Waals surface area (Å²) in [5.74, 6) is -0.391. The fourth-order valence-corrected chi connectivity index (χ4v) is 4.58. The minimum Gasteiger partial charge on any atom is -0.443 e. The number of carbonyl (C=O) groups excluding carboxylic acids is 2. The molecule has 1 aromatic carbocycles. The summed E-state index contributed by atoms with van der Waals surface area (Å²) in [4.78, 5) is 27.4. The van der Waals surface area contributed by atoms with Crippen molar-refractivity contribution in [3.05, 3.63) is 42.0 Å². The lowest BCUT2D eigenvalue weighted by Crippen LogP contribution is -2.49. The van der Waals surface area contributed by atoms with Gasteiger partial charge < -0.3 is 9.16 Å². The summed E-state index contributed by atoms with van der Waals surface area (Å²) in [6.07, 6.45) is -0.355. The van der Waals surface area contributed by atoms with Gasteiger partial charge in [0.1, 0.15) is 5.60 Å².